The zero-order chi connectivity index (χ0) is 7.49. The Labute approximate surface area is 58.2 Å². The summed E-state index contributed by atoms with van der Waals surface area (Å²) in [5.41, 5.74) is 1.54. The maximum absolute atomic E-state index is 4.15. The van der Waals surface area contributed by atoms with Crippen molar-refractivity contribution in [2.45, 2.75) is 34.1 Å². The lowest BCUT2D eigenvalue weighted by Gasteiger charge is -2.21. The Morgan fingerprint density at radius 2 is 1.89 bits per heavy atom. The molecule has 0 aromatic carbocycles. The number of aliphatic imine (C=N–C) groups is 1. The van der Waals surface area contributed by atoms with Crippen molar-refractivity contribution in [1.82, 2.24) is 0 Å². The second-order valence-electron chi connectivity index (χ2n) is 3.05. The lowest BCUT2D eigenvalue weighted by molar-refractivity contribution is 0.500. The molecule has 0 rings (SSSR count). The predicted octanol–water partition coefficient (Wildman–Crippen LogP) is 2.51. The molecule has 0 aromatic heterocycles. The van der Waals surface area contributed by atoms with Gasteiger partial charge in [-0.3, -0.25) is 4.99 Å². The molecule has 0 spiro atoms. The van der Waals surface area contributed by atoms with Gasteiger partial charge < -0.3 is 0 Å². The van der Waals surface area contributed by atoms with Crippen molar-refractivity contribution in [2.75, 3.05) is 7.05 Å². The van der Waals surface area contributed by atoms with Crippen LogP contribution in [0.15, 0.2) is 4.99 Å². The number of hydrogen-bond acceptors (Lipinski definition) is 1. The zero-order valence-corrected chi connectivity index (χ0v) is 7.15. The first kappa shape index (κ1) is 8.67. The fourth-order valence-corrected chi connectivity index (χ4v) is 0.558. The average Bonchev–Trinajstić information content (AvgIpc) is 1.86. The molecule has 0 radical (unpaired) electrons. The molecule has 0 atom stereocenters. The minimum Gasteiger partial charge on any atom is -0.297 e. The Morgan fingerprint density at radius 3 is 2.00 bits per heavy atom. The molecule has 0 heterocycles. The van der Waals surface area contributed by atoms with Crippen molar-refractivity contribution >= 4 is 5.71 Å². The van der Waals surface area contributed by atoms with Gasteiger partial charge in [0.15, 0.2) is 0 Å². The Morgan fingerprint density at radius 1 is 1.44 bits per heavy atom. The highest BCUT2D eigenvalue weighted by Crippen LogP contribution is 2.21. The Hall–Kier alpha value is -0.330. The molecule has 1 heteroatoms. The van der Waals surface area contributed by atoms with Gasteiger partial charge in [0.2, 0.25) is 0 Å². The van der Waals surface area contributed by atoms with E-state index in [1.807, 2.05) is 7.05 Å². The second-order valence-corrected chi connectivity index (χ2v) is 3.05. The van der Waals surface area contributed by atoms with E-state index in [0.29, 0.717) is 5.41 Å². The van der Waals surface area contributed by atoms with Gasteiger partial charge in [0, 0.05) is 18.2 Å². The van der Waals surface area contributed by atoms with Gasteiger partial charge in [-0.15, -0.1) is 0 Å². The topological polar surface area (TPSA) is 12.4 Å². The molecule has 54 valence electrons. The third kappa shape index (κ3) is 2.17. The van der Waals surface area contributed by atoms with E-state index in [4.69, 9.17) is 0 Å². The summed E-state index contributed by atoms with van der Waals surface area (Å²) >= 11 is 0. The molecule has 0 saturated heterocycles. The van der Waals surface area contributed by atoms with E-state index in [-0.39, 0.29) is 0 Å². The summed E-state index contributed by atoms with van der Waals surface area (Å²) in [6.07, 6.45) is 1.16. The number of hydrogen-bond donors (Lipinski definition) is 0. The molecule has 0 saturated carbocycles. The van der Waals surface area contributed by atoms with Crippen LogP contribution in [-0.2, 0) is 0 Å². The molecule has 0 aliphatic heterocycles. The first-order valence-electron chi connectivity index (χ1n) is 3.48. The minimum atomic E-state index is 0.300. The third-order valence-corrected chi connectivity index (χ3v) is 2.20. The summed E-state index contributed by atoms with van der Waals surface area (Å²) in [4.78, 5) is 4.15. The van der Waals surface area contributed by atoms with Crippen molar-refractivity contribution < 1.29 is 0 Å². The summed E-state index contributed by atoms with van der Waals surface area (Å²) in [7, 11) is 1.85. The van der Waals surface area contributed by atoms with E-state index in [1.165, 1.54) is 5.71 Å². The van der Waals surface area contributed by atoms with E-state index >= 15 is 0 Å². The summed E-state index contributed by atoms with van der Waals surface area (Å²) in [6.45, 7) is 8.71. The molecule has 9 heavy (non-hydrogen) atoms. The minimum absolute atomic E-state index is 0.300. The lowest BCUT2D eigenvalue weighted by Crippen LogP contribution is -2.19. The molecular weight excluding hydrogens is 110 g/mol. The van der Waals surface area contributed by atoms with Crippen LogP contribution in [-0.4, -0.2) is 12.8 Å². The summed E-state index contributed by atoms with van der Waals surface area (Å²) in [5.74, 6) is 0. The van der Waals surface area contributed by atoms with Gasteiger partial charge in [-0.25, -0.2) is 0 Å². The van der Waals surface area contributed by atoms with Crippen LogP contribution in [0.1, 0.15) is 34.1 Å². The summed E-state index contributed by atoms with van der Waals surface area (Å²) < 4.78 is 0. The van der Waals surface area contributed by atoms with E-state index in [2.05, 4.69) is 32.7 Å². The molecule has 0 aromatic rings. The van der Waals surface area contributed by atoms with E-state index in [0.717, 1.165) is 6.42 Å². The van der Waals surface area contributed by atoms with Crippen molar-refractivity contribution in [3.8, 4) is 0 Å². The van der Waals surface area contributed by atoms with Gasteiger partial charge in [0.05, 0.1) is 0 Å². The molecule has 0 unspecified atom stereocenters. The molecule has 0 fully saturated rings. The van der Waals surface area contributed by atoms with E-state index < -0.39 is 0 Å². The van der Waals surface area contributed by atoms with Crippen LogP contribution >= 0.6 is 0 Å². The monoisotopic (exact) mass is 127 g/mol. The summed E-state index contributed by atoms with van der Waals surface area (Å²) in [6, 6.07) is 0. The molecular formula is C8H17N. The van der Waals surface area contributed by atoms with Crippen LogP contribution in [0.5, 0.6) is 0 Å². The quantitative estimate of drug-likeness (QED) is 0.505. The van der Waals surface area contributed by atoms with Gasteiger partial charge in [0.1, 0.15) is 0 Å². The molecule has 0 aliphatic carbocycles. The van der Waals surface area contributed by atoms with Crippen LogP contribution in [0.2, 0.25) is 0 Å². The van der Waals surface area contributed by atoms with Crippen molar-refractivity contribution in [1.29, 1.82) is 0 Å². The SMILES string of the molecule is CCC(C)(C)C(C)=NC. The predicted molar refractivity (Wildman–Crippen MR) is 43.1 cm³/mol. The maximum Gasteiger partial charge on any atom is 0.0276 e. The van der Waals surface area contributed by atoms with Crippen molar-refractivity contribution in [3.63, 3.8) is 0 Å². The average molecular weight is 127 g/mol. The normalized spacial score (nSPS) is 14.1. The molecule has 0 N–H and O–H groups in total. The van der Waals surface area contributed by atoms with Gasteiger partial charge in [0.25, 0.3) is 0 Å². The van der Waals surface area contributed by atoms with Crippen LogP contribution < -0.4 is 0 Å². The maximum atomic E-state index is 4.15. The Balaban J connectivity index is 4.14. The van der Waals surface area contributed by atoms with E-state index in [1.54, 1.807) is 0 Å². The standard InChI is InChI=1S/C8H17N/c1-6-8(3,4)7(2)9-5/h6H2,1-5H3. The first-order valence-corrected chi connectivity index (χ1v) is 3.48. The fourth-order valence-electron chi connectivity index (χ4n) is 0.558. The summed E-state index contributed by atoms with van der Waals surface area (Å²) in [5, 5.41) is 0. The van der Waals surface area contributed by atoms with E-state index in [9.17, 15) is 0 Å². The van der Waals surface area contributed by atoms with Crippen LogP contribution in [0, 0.1) is 5.41 Å². The molecule has 0 bridgehead atoms. The van der Waals surface area contributed by atoms with Crippen molar-refractivity contribution in [3.05, 3.63) is 0 Å². The van der Waals surface area contributed by atoms with Gasteiger partial charge >= 0.3 is 0 Å². The highest BCUT2D eigenvalue weighted by Gasteiger charge is 2.17. The highest BCUT2D eigenvalue weighted by molar-refractivity contribution is 5.87. The molecule has 0 aliphatic rings. The second kappa shape index (κ2) is 3.00. The smallest absolute Gasteiger partial charge is 0.0276 e. The van der Waals surface area contributed by atoms with Gasteiger partial charge in [-0.05, 0) is 13.3 Å². The van der Waals surface area contributed by atoms with Crippen molar-refractivity contribution in [2.24, 2.45) is 10.4 Å². The van der Waals surface area contributed by atoms with Crippen LogP contribution in [0.25, 0.3) is 0 Å². The zero-order valence-electron chi connectivity index (χ0n) is 7.15. The first-order chi connectivity index (χ1) is 4.04. The lowest BCUT2D eigenvalue weighted by atomic mass is 9.85. The number of rotatable bonds is 2. The van der Waals surface area contributed by atoms with Gasteiger partial charge in [-0.2, -0.15) is 0 Å². The van der Waals surface area contributed by atoms with Crippen LogP contribution in [0.3, 0.4) is 0 Å². The van der Waals surface area contributed by atoms with Gasteiger partial charge in [-0.1, -0.05) is 20.8 Å². The molecule has 1 nitrogen and oxygen atoms in total. The third-order valence-electron chi connectivity index (χ3n) is 2.20. The Kier molecular flexibility index (Phi) is 2.89. The highest BCUT2D eigenvalue weighted by atomic mass is 14.7. The largest absolute Gasteiger partial charge is 0.297 e. The molecule has 0 amide bonds. The number of nitrogens with zero attached hydrogens (tertiary/aromatic N) is 1. The fraction of sp³-hybridized carbons (Fsp3) is 0.875. The Bertz CT molecular complexity index is 112. The van der Waals surface area contributed by atoms with Crippen LogP contribution in [0.4, 0.5) is 0 Å².